The highest BCUT2D eigenvalue weighted by Gasteiger charge is 2.36. The molecule has 6 rings (SSSR count). The summed E-state index contributed by atoms with van der Waals surface area (Å²) in [6, 6.07) is 29.0. The number of carbonyl (C=O) groups excluding carboxylic acids is 1. The molecule has 1 atom stereocenters. The van der Waals surface area contributed by atoms with E-state index < -0.39 is 22.0 Å². The Morgan fingerprint density at radius 2 is 1.58 bits per heavy atom. The third-order valence-corrected chi connectivity index (χ3v) is 7.92. The van der Waals surface area contributed by atoms with Crippen LogP contribution < -0.4 is 14.4 Å². The molecule has 1 amide bonds. The van der Waals surface area contributed by atoms with E-state index in [-0.39, 0.29) is 12.3 Å². The average Bonchev–Trinajstić information content (AvgIpc) is 3.26. The molecular formula is C28H22N2O5S. The van der Waals surface area contributed by atoms with Crippen molar-refractivity contribution in [3.8, 4) is 5.75 Å². The number of hydrogen-bond donors (Lipinski definition) is 1. The second-order valence-corrected chi connectivity index (χ2v) is 10.5. The summed E-state index contributed by atoms with van der Waals surface area (Å²) in [4.78, 5) is 13.2. The molecule has 7 nitrogen and oxygen atoms in total. The maximum absolute atomic E-state index is 13.4. The SMILES string of the molecule is O=C(Nc1ccc2c(c1)oc1ccccc12)C1CN(S(=O)(=O)Cc2ccccc2)c2ccccc2O1. The van der Waals surface area contributed by atoms with Gasteiger partial charge in [0.2, 0.25) is 10.0 Å². The minimum atomic E-state index is -3.77. The fraction of sp³-hybridized carbons (Fsp3) is 0.107. The number of anilines is 2. The first-order valence-electron chi connectivity index (χ1n) is 11.5. The van der Waals surface area contributed by atoms with E-state index in [1.54, 1.807) is 60.7 Å². The van der Waals surface area contributed by atoms with Crippen LogP contribution in [0.3, 0.4) is 0 Å². The molecule has 180 valence electrons. The first kappa shape index (κ1) is 22.2. The van der Waals surface area contributed by atoms with Gasteiger partial charge >= 0.3 is 0 Å². The average molecular weight is 499 g/mol. The number of para-hydroxylation sites is 3. The molecule has 0 fully saturated rings. The molecule has 5 aromatic rings. The van der Waals surface area contributed by atoms with E-state index in [9.17, 15) is 13.2 Å². The molecule has 2 heterocycles. The van der Waals surface area contributed by atoms with Crippen LogP contribution in [0, 0.1) is 0 Å². The van der Waals surface area contributed by atoms with Gasteiger partial charge in [0.05, 0.1) is 18.0 Å². The lowest BCUT2D eigenvalue weighted by atomic mass is 10.1. The van der Waals surface area contributed by atoms with Gasteiger partial charge in [-0.15, -0.1) is 0 Å². The highest BCUT2D eigenvalue weighted by molar-refractivity contribution is 7.92. The maximum Gasteiger partial charge on any atom is 0.267 e. The Balaban J connectivity index is 1.27. The minimum absolute atomic E-state index is 0.134. The van der Waals surface area contributed by atoms with Crippen LogP contribution in [0.1, 0.15) is 5.56 Å². The van der Waals surface area contributed by atoms with E-state index in [1.165, 1.54) is 4.31 Å². The Morgan fingerprint density at radius 1 is 0.861 bits per heavy atom. The highest BCUT2D eigenvalue weighted by atomic mass is 32.2. The van der Waals surface area contributed by atoms with Crippen LogP contribution in [0.4, 0.5) is 11.4 Å². The van der Waals surface area contributed by atoms with Crippen LogP contribution in [0.2, 0.25) is 0 Å². The number of rotatable bonds is 5. The van der Waals surface area contributed by atoms with Crippen molar-refractivity contribution >= 4 is 49.2 Å². The summed E-state index contributed by atoms with van der Waals surface area (Å²) < 4.78 is 39.9. The van der Waals surface area contributed by atoms with E-state index in [1.807, 2.05) is 36.4 Å². The van der Waals surface area contributed by atoms with Crippen molar-refractivity contribution in [2.75, 3.05) is 16.2 Å². The first-order valence-corrected chi connectivity index (χ1v) is 13.1. The van der Waals surface area contributed by atoms with Crippen LogP contribution in [0.25, 0.3) is 21.9 Å². The molecule has 0 saturated heterocycles. The topological polar surface area (TPSA) is 88.9 Å². The summed E-state index contributed by atoms with van der Waals surface area (Å²) in [7, 11) is -3.77. The molecule has 0 bridgehead atoms. The Hall–Kier alpha value is -4.30. The van der Waals surface area contributed by atoms with Crippen molar-refractivity contribution in [3.05, 3.63) is 103 Å². The molecule has 8 heteroatoms. The molecule has 1 unspecified atom stereocenters. The van der Waals surface area contributed by atoms with Gasteiger partial charge in [-0.05, 0) is 35.9 Å². The Morgan fingerprint density at radius 3 is 2.44 bits per heavy atom. The van der Waals surface area contributed by atoms with Crippen LogP contribution in [0.5, 0.6) is 5.75 Å². The molecule has 0 radical (unpaired) electrons. The van der Waals surface area contributed by atoms with Gasteiger partial charge in [0.15, 0.2) is 6.10 Å². The van der Waals surface area contributed by atoms with Crippen molar-refractivity contribution in [1.82, 2.24) is 0 Å². The molecule has 1 aliphatic heterocycles. The number of ether oxygens (including phenoxy) is 1. The normalized spacial score (nSPS) is 15.4. The Bertz CT molecular complexity index is 1700. The fourth-order valence-corrected chi connectivity index (χ4v) is 6.07. The van der Waals surface area contributed by atoms with Gasteiger partial charge in [-0.2, -0.15) is 0 Å². The standard InChI is InChI=1S/C28H22N2O5S/c31-28(29-20-14-15-22-21-10-4-6-12-24(21)34-26(22)16-20)27-17-30(23-11-5-7-13-25(23)35-27)36(32,33)18-19-8-2-1-3-9-19/h1-16,27H,17-18H2,(H,29,31). The van der Waals surface area contributed by atoms with Gasteiger partial charge < -0.3 is 14.5 Å². The molecule has 0 spiro atoms. The number of hydrogen-bond acceptors (Lipinski definition) is 5. The van der Waals surface area contributed by atoms with Crippen molar-refractivity contribution < 1.29 is 22.4 Å². The predicted octanol–water partition coefficient (Wildman–Crippen LogP) is 5.32. The zero-order valence-corrected chi connectivity index (χ0v) is 19.9. The summed E-state index contributed by atoms with van der Waals surface area (Å²) in [5.41, 5.74) is 3.04. The van der Waals surface area contributed by atoms with E-state index in [4.69, 9.17) is 9.15 Å². The Labute approximate surface area is 208 Å². The maximum atomic E-state index is 13.4. The van der Waals surface area contributed by atoms with Gasteiger partial charge in [0.25, 0.3) is 5.91 Å². The number of amides is 1. The van der Waals surface area contributed by atoms with Gasteiger partial charge in [-0.3, -0.25) is 9.10 Å². The van der Waals surface area contributed by atoms with E-state index >= 15 is 0 Å². The van der Waals surface area contributed by atoms with Crippen molar-refractivity contribution in [2.45, 2.75) is 11.9 Å². The van der Waals surface area contributed by atoms with E-state index in [0.717, 1.165) is 16.4 Å². The van der Waals surface area contributed by atoms with Crippen molar-refractivity contribution in [1.29, 1.82) is 0 Å². The number of fused-ring (bicyclic) bond motifs is 4. The van der Waals surface area contributed by atoms with Gasteiger partial charge in [-0.1, -0.05) is 60.7 Å². The van der Waals surface area contributed by atoms with Gasteiger partial charge in [0, 0.05) is 22.5 Å². The number of benzene rings is 4. The lowest BCUT2D eigenvalue weighted by Gasteiger charge is -2.34. The number of carbonyl (C=O) groups is 1. The number of furan rings is 1. The lowest BCUT2D eigenvalue weighted by molar-refractivity contribution is -0.122. The number of nitrogens with zero attached hydrogens (tertiary/aromatic N) is 1. The second kappa shape index (κ2) is 8.73. The van der Waals surface area contributed by atoms with Crippen molar-refractivity contribution in [2.24, 2.45) is 0 Å². The first-order chi connectivity index (χ1) is 17.5. The monoisotopic (exact) mass is 498 g/mol. The molecule has 4 aromatic carbocycles. The fourth-order valence-electron chi connectivity index (χ4n) is 4.49. The number of nitrogens with one attached hydrogen (secondary N) is 1. The zero-order valence-electron chi connectivity index (χ0n) is 19.1. The summed E-state index contributed by atoms with van der Waals surface area (Å²) in [6.45, 7) is -0.134. The number of sulfonamides is 1. The minimum Gasteiger partial charge on any atom is -0.476 e. The molecule has 0 aliphatic carbocycles. The summed E-state index contributed by atoms with van der Waals surface area (Å²) >= 11 is 0. The zero-order chi connectivity index (χ0) is 24.7. The van der Waals surface area contributed by atoms with Crippen LogP contribution in [-0.4, -0.2) is 27.0 Å². The van der Waals surface area contributed by atoms with Crippen LogP contribution in [0.15, 0.2) is 101 Å². The lowest BCUT2D eigenvalue weighted by Crippen LogP contribution is -2.49. The quantitative estimate of drug-likeness (QED) is 0.354. The second-order valence-electron chi connectivity index (χ2n) is 8.65. The molecule has 1 aliphatic rings. The molecule has 1 N–H and O–H groups in total. The van der Waals surface area contributed by atoms with Crippen LogP contribution >= 0.6 is 0 Å². The molecular weight excluding hydrogens is 476 g/mol. The van der Waals surface area contributed by atoms with Gasteiger partial charge in [0.1, 0.15) is 16.9 Å². The summed E-state index contributed by atoms with van der Waals surface area (Å²) in [5.74, 6) is -0.285. The van der Waals surface area contributed by atoms with Crippen LogP contribution in [-0.2, 0) is 20.6 Å². The predicted molar refractivity (Wildman–Crippen MR) is 140 cm³/mol. The van der Waals surface area contributed by atoms with Crippen molar-refractivity contribution in [3.63, 3.8) is 0 Å². The smallest absolute Gasteiger partial charge is 0.267 e. The summed E-state index contributed by atoms with van der Waals surface area (Å²) in [6.07, 6.45) is -1.03. The Kier molecular flexibility index (Phi) is 5.38. The van der Waals surface area contributed by atoms with E-state index in [0.29, 0.717) is 28.3 Å². The molecule has 0 saturated carbocycles. The third-order valence-electron chi connectivity index (χ3n) is 6.20. The van der Waals surface area contributed by atoms with E-state index in [2.05, 4.69) is 5.32 Å². The van der Waals surface area contributed by atoms with Gasteiger partial charge in [-0.25, -0.2) is 8.42 Å². The molecule has 36 heavy (non-hydrogen) atoms. The summed E-state index contributed by atoms with van der Waals surface area (Å²) in [5, 5.41) is 4.80. The molecule has 1 aromatic heterocycles. The highest BCUT2D eigenvalue weighted by Crippen LogP contribution is 2.36. The largest absolute Gasteiger partial charge is 0.476 e. The third kappa shape index (κ3) is 4.05.